The predicted octanol–water partition coefficient (Wildman–Crippen LogP) is 7.34. The van der Waals surface area contributed by atoms with Gasteiger partial charge in [-0.1, -0.05) is 80.9 Å². The van der Waals surface area contributed by atoms with E-state index in [1.165, 1.54) is 10.9 Å². The number of aryl methyl sites for hydroxylation is 1. The van der Waals surface area contributed by atoms with Gasteiger partial charge in [-0.25, -0.2) is 4.98 Å². The zero-order chi connectivity index (χ0) is 25.3. The summed E-state index contributed by atoms with van der Waals surface area (Å²) >= 11 is 5.02. The van der Waals surface area contributed by atoms with Gasteiger partial charge < -0.3 is 5.32 Å². The van der Waals surface area contributed by atoms with Gasteiger partial charge in [-0.15, -0.1) is 11.3 Å². The van der Waals surface area contributed by atoms with Gasteiger partial charge >= 0.3 is 0 Å². The third kappa shape index (κ3) is 5.11. The number of halogens is 1. The van der Waals surface area contributed by atoms with E-state index < -0.39 is 0 Å². The van der Waals surface area contributed by atoms with E-state index in [1.54, 1.807) is 11.3 Å². The first-order valence-corrected chi connectivity index (χ1v) is 13.5. The van der Waals surface area contributed by atoms with E-state index in [1.807, 2.05) is 42.5 Å². The zero-order valence-electron chi connectivity index (χ0n) is 20.7. The summed E-state index contributed by atoms with van der Waals surface area (Å²) in [6.07, 6.45) is 2.29. The van der Waals surface area contributed by atoms with Crippen molar-refractivity contribution in [3.05, 3.63) is 79.6 Å². The number of nitrogens with zero attached hydrogens (tertiary/aromatic N) is 2. The minimum absolute atomic E-state index is 0.0944. The molecule has 0 unspecified atom stereocenters. The average Bonchev–Trinajstić information content (AvgIpc) is 3.20. The lowest BCUT2D eigenvalue weighted by atomic mass is 9.92. The number of carbonyl (C=O) groups excluding carboxylic acids is 1. The highest BCUT2D eigenvalue weighted by Crippen LogP contribution is 2.37. The summed E-state index contributed by atoms with van der Waals surface area (Å²) in [6.45, 7) is 10.4. The van der Waals surface area contributed by atoms with Crippen LogP contribution in [0, 0.1) is 0 Å². The van der Waals surface area contributed by atoms with E-state index in [2.05, 4.69) is 60.8 Å². The Morgan fingerprint density at radius 1 is 1.06 bits per heavy atom. The summed E-state index contributed by atoms with van der Waals surface area (Å²) < 4.78 is 2.40. The lowest BCUT2D eigenvalue weighted by Gasteiger charge is -2.20. The lowest BCUT2D eigenvalue weighted by molar-refractivity contribution is -0.116. The zero-order valence-corrected chi connectivity index (χ0v) is 23.1. The van der Waals surface area contributed by atoms with Crippen LogP contribution in [0.4, 0.5) is 5.69 Å². The Labute approximate surface area is 218 Å². The molecule has 7 heteroatoms. The molecule has 0 aliphatic rings. The SMILES string of the molecule is CCc1sc2ncn(CC(=O)Nc3c(C(C)C)cccc3C(C)C)c(=O)c2c1-c1ccc(Br)cc1. The van der Waals surface area contributed by atoms with Crippen LogP contribution < -0.4 is 10.9 Å². The maximum absolute atomic E-state index is 13.6. The van der Waals surface area contributed by atoms with Gasteiger partial charge in [0.2, 0.25) is 5.91 Å². The molecule has 0 atom stereocenters. The topological polar surface area (TPSA) is 64.0 Å². The first-order chi connectivity index (χ1) is 16.7. The van der Waals surface area contributed by atoms with Crippen molar-refractivity contribution in [1.29, 1.82) is 0 Å². The normalized spacial score (nSPS) is 11.5. The second-order valence-corrected chi connectivity index (χ2v) is 11.3. The van der Waals surface area contributed by atoms with E-state index >= 15 is 0 Å². The van der Waals surface area contributed by atoms with Crippen molar-refractivity contribution in [2.24, 2.45) is 0 Å². The Hall–Kier alpha value is -2.77. The number of aromatic nitrogens is 2. The maximum Gasteiger partial charge on any atom is 0.263 e. The van der Waals surface area contributed by atoms with Crippen LogP contribution in [0.2, 0.25) is 0 Å². The van der Waals surface area contributed by atoms with Gasteiger partial charge in [0.25, 0.3) is 5.56 Å². The summed E-state index contributed by atoms with van der Waals surface area (Å²) in [5.41, 5.74) is 4.73. The van der Waals surface area contributed by atoms with Crippen LogP contribution in [-0.4, -0.2) is 15.5 Å². The molecule has 2 aromatic heterocycles. The van der Waals surface area contributed by atoms with Gasteiger partial charge in [-0.2, -0.15) is 0 Å². The van der Waals surface area contributed by atoms with Crippen LogP contribution >= 0.6 is 27.3 Å². The van der Waals surface area contributed by atoms with E-state index in [9.17, 15) is 9.59 Å². The Morgan fingerprint density at radius 3 is 2.26 bits per heavy atom. The third-order valence-electron chi connectivity index (χ3n) is 6.16. The number of nitrogens with one attached hydrogen (secondary N) is 1. The number of hydrogen-bond donors (Lipinski definition) is 1. The summed E-state index contributed by atoms with van der Waals surface area (Å²) in [6, 6.07) is 14.1. The number of amides is 1. The van der Waals surface area contributed by atoms with Crippen LogP contribution in [0.25, 0.3) is 21.3 Å². The van der Waals surface area contributed by atoms with E-state index in [-0.39, 0.29) is 29.8 Å². The number of hydrogen-bond acceptors (Lipinski definition) is 4. The van der Waals surface area contributed by atoms with Crippen molar-refractivity contribution in [1.82, 2.24) is 9.55 Å². The molecule has 2 aromatic carbocycles. The summed E-state index contributed by atoms with van der Waals surface area (Å²) in [5.74, 6) is 0.285. The molecule has 2 heterocycles. The van der Waals surface area contributed by atoms with Crippen molar-refractivity contribution in [2.45, 2.75) is 59.4 Å². The first-order valence-electron chi connectivity index (χ1n) is 11.9. The number of anilines is 1. The molecule has 4 rings (SSSR count). The molecule has 35 heavy (non-hydrogen) atoms. The molecule has 0 aliphatic carbocycles. The van der Waals surface area contributed by atoms with Crippen LogP contribution in [0.1, 0.15) is 62.5 Å². The molecule has 182 valence electrons. The molecule has 0 aliphatic heterocycles. The van der Waals surface area contributed by atoms with E-state index in [0.717, 1.165) is 43.7 Å². The van der Waals surface area contributed by atoms with Gasteiger partial charge in [0.05, 0.1) is 11.7 Å². The quantitative estimate of drug-likeness (QED) is 0.261. The third-order valence-corrected chi connectivity index (χ3v) is 7.93. The smallest absolute Gasteiger partial charge is 0.263 e. The minimum Gasteiger partial charge on any atom is -0.324 e. The maximum atomic E-state index is 13.6. The van der Waals surface area contributed by atoms with Crippen molar-refractivity contribution >= 4 is 49.1 Å². The highest BCUT2D eigenvalue weighted by atomic mass is 79.9. The molecule has 5 nitrogen and oxygen atoms in total. The number of fused-ring (bicyclic) bond motifs is 1. The van der Waals surface area contributed by atoms with Gasteiger partial charge in [0.15, 0.2) is 0 Å². The number of carbonyl (C=O) groups is 1. The Balaban J connectivity index is 1.73. The number of para-hydroxylation sites is 1. The van der Waals surface area contributed by atoms with Crippen LogP contribution in [0.15, 0.2) is 58.1 Å². The molecule has 0 saturated carbocycles. The molecular weight excluding hydrogens is 522 g/mol. The molecule has 0 saturated heterocycles. The Bertz CT molecular complexity index is 1410. The number of thiophene rings is 1. The first kappa shape index (κ1) is 25.3. The summed E-state index contributed by atoms with van der Waals surface area (Å²) in [7, 11) is 0. The number of benzene rings is 2. The van der Waals surface area contributed by atoms with Gasteiger partial charge in [0.1, 0.15) is 11.4 Å². The molecule has 1 N–H and O–H groups in total. The highest BCUT2D eigenvalue weighted by molar-refractivity contribution is 9.10. The van der Waals surface area contributed by atoms with E-state index in [0.29, 0.717) is 10.2 Å². The molecule has 0 bridgehead atoms. The van der Waals surface area contributed by atoms with Crippen molar-refractivity contribution in [2.75, 3.05) is 5.32 Å². The monoisotopic (exact) mass is 551 g/mol. The molecule has 0 spiro atoms. The standard InChI is InChI=1S/C28H30BrN3O2S/c1-6-22-24(18-10-12-19(29)13-11-18)25-27(35-22)30-15-32(28(25)34)14-23(33)31-26-20(16(2)3)8-7-9-21(26)17(4)5/h7-13,15-17H,6,14H2,1-5H3,(H,31,33). The van der Waals surface area contributed by atoms with Crippen LogP contribution in [0.3, 0.4) is 0 Å². The largest absolute Gasteiger partial charge is 0.324 e. The van der Waals surface area contributed by atoms with E-state index in [4.69, 9.17) is 0 Å². The minimum atomic E-state index is -0.237. The molecular formula is C28H30BrN3O2S. The van der Waals surface area contributed by atoms with Gasteiger partial charge in [-0.3, -0.25) is 14.2 Å². The molecule has 1 amide bonds. The fourth-order valence-corrected chi connectivity index (χ4v) is 5.74. The number of rotatable bonds is 7. The second-order valence-electron chi connectivity index (χ2n) is 9.29. The van der Waals surface area contributed by atoms with Gasteiger partial charge in [-0.05, 0) is 47.1 Å². The van der Waals surface area contributed by atoms with Crippen LogP contribution in [0.5, 0.6) is 0 Å². The second kappa shape index (κ2) is 10.5. The van der Waals surface area contributed by atoms with Gasteiger partial charge in [0, 0.05) is 20.6 Å². The van der Waals surface area contributed by atoms with Crippen molar-refractivity contribution < 1.29 is 4.79 Å². The Morgan fingerprint density at radius 2 is 1.69 bits per heavy atom. The predicted molar refractivity (Wildman–Crippen MR) is 150 cm³/mol. The van der Waals surface area contributed by atoms with Crippen molar-refractivity contribution in [3.8, 4) is 11.1 Å². The average molecular weight is 553 g/mol. The summed E-state index contributed by atoms with van der Waals surface area (Å²) in [4.78, 5) is 33.1. The molecule has 4 aromatic rings. The lowest BCUT2D eigenvalue weighted by Crippen LogP contribution is -2.28. The fourth-order valence-electron chi connectivity index (χ4n) is 4.39. The fraction of sp³-hybridized carbons (Fsp3) is 0.321. The van der Waals surface area contributed by atoms with Crippen molar-refractivity contribution in [3.63, 3.8) is 0 Å². The molecule has 0 radical (unpaired) electrons. The molecule has 0 fully saturated rings. The van der Waals surface area contributed by atoms with Crippen LogP contribution in [-0.2, 0) is 17.8 Å². The Kier molecular flexibility index (Phi) is 7.57. The highest BCUT2D eigenvalue weighted by Gasteiger charge is 2.20. The summed E-state index contributed by atoms with van der Waals surface area (Å²) in [5, 5.41) is 3.68.